The minimum atomic E-state index is -0.452. The molecule has 0 radical (unpaired) electrons. The number of hydrogen-bond donors (Lipinski definition) is 2. The maximum absolute atomic E-state index is 12.4. The number of amides is 1. The maximum atomic E-state index is 12.4. The summed E-state index contributed by atoms with van der Waals surface area (Å²) in [7, 11) is 1.74. The molecule has 1 aliphatic heterocycles. The number of hydrogen-bond acceptors (Lipinski definition) is 3. The van der Waals surface area contributed by atoms with Crippen molar-refractivity contribution in [1.29, 1.82) is 0 Å². The molecule has 2 rings (SSSR count). The van der Waals surface area contributed by atoms with Crippen LogP contribution in [0.3, 0.4) is 0 Å². The molecule has 2 N–H and O–H groups in total. The van der Waals surface area contributed by atoms with Crippen molar-refractivity contribution in [3.8, 4) is 0 Å². The Bertz CT molecular complexity index is 510. The zero-order chi connectivity index (χ0) is 14.9. The number of benzene rings is 1. The number of nitrogens with one attached hydrogen (secondary N) is 1. The van der Waals surface area contributed by atoms with Gasteiger partial charge in [0.15, 0.2) is 0 Å². The van der Waals surface area contributed by atoms with Crippen LogP contribution in [-0.2, 0) is 4.79 Å². The Morgan fingerprint density at radius 2 is 2.20 bits per heavy atom. The van der Waals surface area contributed by atoms with Crippen LogP contribution < -0.4 is 5.32 Å². The summed E-state index contributed by atoms with van der Waals surface area (Å²) in [6.07, 6.45) is -0.00341. The van der Waals surface area contributed by atoms with Crippen molar-refractivity contribution in [3.63, 3.8) is 0 Å². The number of likely N-dealkylation sites (N-methyl/N-ethyl adjacent to an activating group) is 1. The number of carbonyl (C=O) groups excluding carboxylic acids is 1. The molecule has 0 aromatic heterocycles. The van der Waals surface area contributed by atoms with Gasteiger partial charge in [-0.25, -0.2) is 0 Å². The predicted octanol–water partition coefficient (Wildman–Crippen LogP) is 2.24. The second-order valence-electron chi connectivity index (χ2n) is 5.14. The van der Waals surface area contributed by atoms with Gasteiger partial charge in [0.05, 0.1) is 18.2 Å². The second-order valence-corrected chi connectivity index (χ2v) is 5.98. The number of halogens is 2. The summed E-state index contributed by atoms with van der Waals surface area (Å²) in [5.41, 5.74) is 0.852. The summed E-state index contributed by atoms with van der Waals surface area (Å²) >= 11 is 12.1. The molecule has 1 aliphatic rings. The monoisotopic (exact) mass is 316 g/mol. The Kier molecular flexibility index (Phi) is 4.91. The van der Waals surface area contributed by atoms with Crippen LogP contribution in [0.5, 0.6) is 0 Å². The fourth-order valence-corrected chi connectivity index (χ4v) is 2.96. The van der Waals surface area contributed by atoms with Crippen molar-refractivity contribution >= 4 is 29.1 Å². The van der Waals surface area contributed by atoms with Gasteiger partial charge < -0.3 is 15.3 Å². The predicted molar refractivity (Wildman–Crippen MR) is 80.1 cm³/mol. The van der Waals surface area contributed by atoms with Crippen LogP contribution in [0.15, 0.2) is 18.2 Å². The molecule has 1 fully saturated rings. The summed E-state index contributed by atoms with van der Waals surface area (Å²) in [6.45, 7) is 2.37. The van der Waals surface area contributed by atoms with Crippen molar-refractivity contribution in [1.82, 2.24) is 10.2 Å². The zero-order valence-electron chi connectivity index (χ0n) is 11.4. The van der Waals surface area contributed by atoms with Crippen LogP contribution in [-0.4, -0.2) is 41.7 Å². The third-order valence-corrected chi connectivity index (χ3v) is 4.31. The van der Waals surface area contributed by atoms with Gasteiger partial charge in [-0.1, -0.05) is 29.3 Å². The van der Waals surface area contributed by atoms with Gasteiger partial charge in [0, 0.05) is 23.6 Å². The first-order valence-corrected chi connectivity index (χ1v) is 7.28. The van der Waals surface area contributed by atoms with Crippen molar-refractivity contribution < 1.29 is 9.90 Å². The van der Waals surface area contributed by atoms with E-state index in [0.717, 1.165) is 5.56 Å². The van der Waals surface area contributed by atoms with E-state index in [1.807, 2.05) is 13.0 Å². The molecule has 1 saturated heterocycles. The van der Waals surface area contributed by atoms with E-state index < -0.39 is 6.10 Å². The van der Waals surface area contributed by atoms with Crippen LogP contribution in [0, 0.1) is 0 Å². The van der Waals surface area contributed by atoms with E-state index in [4.69, 9.17) is 23.2 Å². The molecule has 1 aromatic rings. The van der Waals surface area contributed by atoms with Crippen LogP contribution >= 0.6 is 23.2 Å². The molecule has 0 saturated carbocycles. The molecule has 0 aliphatic carbocycles. The van der Waals surface area contributed by atoms with Gasteiger partial charge in [0.2, 0.25) is 5.91 Å². The molecular weight excluding hydrogens is 299 g/mol. The smallest absolute Gasteiger partial charge is 0.240 e. The van der Waals surface area contributed by atoms with E-state index >= 15 is 0 Å². The van der Waals surface area contributed by atoms with Gasteiger partial charge >= 0.3 is 0 Å². The van der Waals surface area contributed by atoms with Crippen LogP contribution in [0.1, 0.15) is 24.9 Å². The Morgan fingerprint density at radius 1 is 1.50 bits per heavy atom. The molecule has 110 valence electrons. The van der Waals surface area contributed by atoms with E-state index in [1.165, 1.54) is 0 Å². The molecule has 0 bridgehead atoms. The van der Waals surface area contributed by atoms with Gasteiger partial charge in [-0.05, 0) is 31.0 Å². The summed E-state index contributed by atoms with van der Waals surface area (Å²) in [5, 5.41) is 13.6. The lowest BCUT2D eigenvalue weighted by atomic mass is 10.1. The molecule has 20 heavy (non-hydrogen) atoms. The number of aliphatic hydroxyl groups excluding tert-OH is 1. The fourth-order valence-electron chi connectivity index (χ4n) is 2.39. The molecule has 0 spiro atoms. The number of β-amino-alcohol motifs (C(OH)–C–C–N with tert-alkyl or cyclic N) is 1. The van der Waals surface area contributed by atoms with Crippen molar-refractivity contribution in [2.75, 3.05) is 13.6 Å². The third kappa shape index (κ3) is 3.26. The molecule has 1 amide bonds. The Hall–Kier alpha value is -0.810. The molecule has 4 nitrogen and oxygen atoms in total. The van der Waals surface area contributed by atoms with E-state index in [-0.39, 0.29) is 18.0 Å². The number of nitrogens with zero attached hydrogens (tertiary/aromatic N) is 1. The first kappa shape index (κ1) is 15.6. The summed E-state index contributed by atoms with van der Waals surface area (Å²) < 4.78 is 0. The minimum Gasteiger partial charge on any atom is -0.392 e. The van der Waals surface area contributed by atoms with E-state index in [1.54, 1.807) is 24.1 Å². The normalized spacial score (nSPS) is 23.6. The van der Waals surface area contributed by atoms with Gasteiger partial charge in [-0.3, -0.25) is 4.79 Å². The highest BCUT2D eigenvalue weighted by Gasteiger charge is 2.32. The maximum Gasteiger partial charge on any atom is 0.240 e. The lowest BCUT2D eigenvalue weighted by Gasteiger charge is -2.28. The van der Waals surface area contributed by atoms with Crippen molar-refractivity contribution in [3.05, 3.63) is 33.8 Å². The lowest BCUT2D eigenvalue weighted by Crippen LogP contribution is -2.42. The molecule has 3 atom stereocenters. The third-order valence-electron chi connectivity index (χ3n) is 3.75. The molecule has 1 heterocycles. The molecule has 3 unspecified atom stereocenters. The van der Waals surface area contributed by atoms with E-state index in [2.05, 4.69) is 5.32 Å². The lowest BCUT2D eigenvalue weighted by molar-refractivity contribution is -0.133. The standard InChI is InChI=1S/C14H18Cl2N2O2/c1-8(11-4-3-9(15)5-12(11)16)18(2)14(20)13-6-10(19)7-17-13/h3-5,8,10,13,17,19H,6-7H2,1-2H3. The minimum absolute atomic E-state index is 0.0416. The average Bonchev–Trinajstić information content (AvgIpc) is 2.83. The second kappa shape index (κ2) is 6.31. The van der Waals surface area contributed by atoms with Gasteiger partial charge in [-0.2, -0.15) is 0 Å². The van der Waals surface area contributed by atoms with Crippen LogP contribution in [0.4, 0.5) is 0 Å². The Balaban J connectivity index is 2.11. The fraction of sp³-hybridized carbons (Fsp3) is 0.500. The number of rotatable bonds is 3. The molecule has 1 aromatic carbocycles. The SMILES string of the molecule is CC(c1ccc(Cl)cc1Cl)N(C)C(=O)C1CC(O)CN1. The molecular formula is C14H18Cl2N2O2. The van der Waals surface area contributed by atoms with E-state index in [0.29, 0.717) is 23.0 Å². The van der Waals surface area contributed by atoms with Crippen molar-refractivity contribution in [2.45, 2.75) is 31.5 Å². The van der Waals surface area contributed by atoms with Gasteiger partial charge in [-0.15, -0.1) is 0 Å². The highest BCUT2D eigenvalue weighted by molar-refractivity contribution is 6.35. The summed E-state index contributed by atoms with van der Waals surface area (Å²) in [5.74, 6) is -0.0416. The Morgan fingerprint density at radius 3 is 2.75 bits per heavy atom. The van der Waals surface area contributed by atoms with Crippen LogP contribution in [0.2, 0.25) is 10.0 Å². The molecule has 6 heteroatoms. The topological polar surface area (TPSA) is 52.6 Å². The Labute approximate surface area is 128 Å². The highest BCUT2D eigenvalue weighted by Crippen LogP contribution is 2.29. The summed E-state index contributed by atoms with van der Waals surface area (Å²) in [4.78, 5) is 14.0. The largest absolute Gasteiger partial charge is 0.392 e. The summed E-state index contributed by atoms with van der Waals surface area (Å²) in [6, 6.07) is 4.77. The first-order chi connectivity index (χ1) is 9.40. The number of aliphatic hydroxyl groups is 1. The van der Waals surface area contributed by atoms with E-state index in [9.17, 15) is 9.90 Å². The highest BCUT2D eigenvalue weighted by atomic mass is 35.5. The first-order valence-electron chi connectivity index (χ1n) is 6.53. The zero-order valence-corrected chi connectivity index (χ0v) is 12.9. The average molecular weight is 317 g/mol. The quantitative estimate of drug-likeness (QED) is 0.899. The number of carbonyl (C=O) groups is 1. The van der Waals surface area contributed by atoms with Gasteiger partial charge in [0.1, 0.15) is 0 Å². The van der Waals surface area contributed by atoms with Crippen LogP contribution in [0.25, 0.3) is 0 Å². The van der Waals surface area contributed by atoms with Gasteiger partial charge in [0.25, 0.3) is 0 Å². The van der Waals surface area contributed by atoms with Crippen molar-refractivity contribution in [2.24, 2.45) is 0 Å².